The molecule has 1 amide bonds. The second kappa shape index (κ2) is 7.39. The van der Waals surface area contributed by atoms with Gasteiger partial charge in [-0.15, -0.1) is 0 Å². The van der Waals surface area contributed by atoms with E-state index in [-0.39, 0.29) is 17.3 Å². The van der Waals surface area contributed by atoms with Gasteiger partial charge in [0.05, 0.1) is 11.8 Å². The van der Waals surface area contributed by atoms with E-state index in [1.54, 1.807) is 25.1 Å². The molecule has 0 spiro atoms. The van der Waals surface area contributed by atoms with Gasteiger partial charge in [-0.3, -0.25) is 9.59 Å². The van der Waals surface area contributed by atoms with Gasteiger partial charge in [-0.25, -0.2) is 4.39 Å². The second-order valence-corrected chi connectivity index (χ2v) is 5.95. The van der Waals surface area contributed by atoms with Crippen molar-refractivity contribution in [3.05, 3.63) is 71.2 Å². The third kappa shape index (κ3) is 3.31. The maximum absolute atomic E-state index is 14.1. The highest BCUT2D eigenvalue weighted by Crippen LogP contribution is 2.31. The number of furan rings is 1. The lowest BCUT2D eigenvalue weighted by molar-refractivity contribution is 0.0949. The predicted molar refractivity (Wildman–Crippen MR) is 95.7 cm³/mol. The first-order valence-corrected chi connectivity index (χ1v) is 8.37. The van der Waals surface area contributed by atoms with Crippen LogP contribution in [0.15, 0.2) is 47.2 Å². The molecule has 3 aromatic rings. The van der Waals surface area contributed by atoms with E-state index in [0.717, 1.165) is 6.42 Å². The van der Waals surface area contributed by atoms with Crippen molar-refractivity contribution >= 4 is 11.7 Å². The largest absolute Gasteiger partial charge is 0.468 e. The van der Waals surface area contributed by atoms with Gasteiger partial charge in [0.1, 0.15) is 17.3 Å². The lowest BCUT2D eigenvalue weighted by Gasteiger charge is -2.04. The molecule has 0 saturated carbocycles. The number of benzene rings is 1. The van der Waals surface area contributed by atoms with Crippen LogP contribution in [0, 0.1) is 12.7 Å². The molecular weight excluding hydrogens is 335 g/mol. The van der Waals surface area contributed by atoms with Gasteiger partial charge < -0.3 is 14.7 Å². The zero-order valence-electron chi connectivity index (χ0n) is 14.6. The lowest BCUT2D eigenvalue weighted by Crippen LogP contribution is -2.24. The molecule has 5 nitrogen and oxygen atoms in total. The molecule has 134 valence electrons. The molecule has 0 unspecified atom stereocenters. The van der Waals surface area contributed by atoms with Crippen LogP contribution in [0.25, 0.3) is 11.1 Å². The molecule has 0 atom stereocenters. The fourth-order valence-corrected chi connectivity index (χ4v) is 2.75. The minimum Gasteiger partial charge on any atom is -0.468 e. The summed E-state index contributed by atoms with van der Waals surface area (Å²) in [6.07, 6.45) is 3.67. The Balaban J connectivity index is 1.95. The van der Waals surface area contributed by atoms with Crippen molar-refractivity contribution in [2.45, 2.75) is 20.3 Å². The summed E-state index contributed by atoms with van der Waals surface area (Å²) < 4.78 is 19.5. The molecule has 6 heteroatoms. The highest BCUT2D eigenvalue weighted by Gasteiger charge is 2.24. The van der Waals surface area contributed by atoms with Crippen molar-refractivity contribution in [2.24, 2.45) is 0 Å². The zero-order valence-corrected chi connectivity index (χ0v) is 14.6. The van der Waals surface area contributed by atoms with Crippen LogP contribution >= 0.6 is 0 Å². The Kier molecular flexibility index (Phi) is 5.02. The molecule has 0 aliphatic rings. The van der Waals surface area contributed by atoms with Gasteiger partial charge in [0.2, 0.25) is 0 Å². The number of ketones is 1. The molecule has 0 radical (unpaired) electrons. The number of aryl methyl sites for hydroxylation is 1. The lowest BCUT2D eigenvalue weighted by atomic mass is 9.97. The number of amides is 1. The van der Waals surface area contributed by atoms with Crippen molar-refractivity contribution in [1.82, 2.24) is 10.3 Å². The molecule has 2 aromatic heterocycles. The molecular formula is C20H19FN2O3. The fraction of sp³-hybridized carbons (Fsp3) is 0.200. The predicted octanol–water partition coefficient (Wildman–Crippen LogP) is 4.09. The van der Waals surface area contributed by atoms with E-state index in [2.05, 4.69) is 10.3 Å². The topological polar surface area (TPSA) is 75.1 Å². The van der Waals surface area contributed by atoms with Crippen LogP contribution in [0.1, 0.15) is 45.5 Å². The quantitative estimate of drug-likeness (QED) is 0.655. The Labute approximate surface area is 150 Å². The summed E-state index contributed by atoms with van der Waals surface area (Å²) in [4.78, 5) is 27.8. The fourth-order valence-electron chi connectivity index (χ4n) is 2.75. The van der Waals surface area contributed by atoms with Crippen LogP contribution < -0.4 is 5.32 Å². The van der Waals surface area contributed by atoms with E-state index < -0.39 is 5.82 Å². The number of H-pyrrole nitrogens is 1. The Hall–Kier alpha value is -3.15. The number of rotatable bonds is 6. The molecule has 1 aromatic carbocycles. The maximum Gasteiger partial charge on any atom is 0.267 e. The SMILES string of the molecule is CCCNC(=O)c1cc(C(=O)c2c(-c3ccccc3F)coc2C)c[nH]1. The molecule has 0 bridgehead atoms. The number of hydrogen-bond acceptors (Lipinski definition) is 3. The molecule has 2 N–H and O–H groups in total. The number of aromatic amines is 1. The first kappa shape index (κ1) is 17.7. The highest BCUT2D eigenvalue weighted by atomic mass is 19.1. The summed E-state index contributed by atoms with van der Waals surface area (Å²) >= 11 is 0. The van der Waals surface area contributed by atoms with E-state index in [9.17, 15) is 14.0 Å². The molecule has 0 saturated heterocycles. The Morgan fingerprint density at radius 1 is 1.23 bits per heavy atom. The molecule has 0 aliphatic carbocycles. The minimum absolute atomic E-state index is 0.274. The number of carbonyl (C=O) groups excluding carboxylic acids is 2. The van der Waals surface area contributed by atoms with Crippen LogP contribution in [-0.4, -0.2) is 23.2 Å². The maximum atomic E-state index is 14.1. The van der Waals surface area contributed by atoms with Gasteiger partial charge in [-0.05, 0) is 25.5 Å². The molecule has 26 heavy (non-hydrogen) atoms. The van der Waals surface area contributed by atoms with Gasteiger partial charge in [-0.1, -0.05) is 25.1 Å². The van der Waals surface area contributed by atoms with Crippen molar-refractivity contribution in [3.63, 3.8) is 0 Å². The number of nitrogens with one attached hydrogen (secondary N) is 2. The summed E-state index contributed by atoms with van der Waals surface area (Å²) in [5, 5.41) is 2.74. The van der Waals surface area contributed by atoms with Crippen LogP contribution in [0.3, 0.4) is 0 Å². The average Bonchev–Trinajstić information content (AvgIpc) is 3.27. The van der Waals surface area contributed by atoms with E-state index in [4.69, 9.17) is 4.42 Å². The van der Waals surface area contributed by atoms with Gasteiger partial charge in [-0.2, -0.15) is 0 Å². The summed E-state index contributed by atoms with van der Waals surface area (Å²) in [7, 11) is 0. The Bertz CT molecular complexity index is 956. The molecule has 2 heterocycles. The van der Waals surface area contributed by atoms with E-state index in [0.29, 0.717) is 34.7 Å². The smallest absolute Gasteiger partial charge is 0.267 e. The zero-order chi connectivity index (χ0) is 18.7. The van der Waals surface area contributed by atoms with E-state index in [1.807, 2.05) is 6.92 Å². The van der Waals surface area contributed by atoms with Crippen molar-refractivity contribution in [2.75, 3.05) is 6.54 Å². The van der Waals surface area contributed by atoms with Crippen LogP contribution in [0.2, 0.25) is 0 Å². The van der Waals surface area contributed by atoms with Gasteiger partial charge in [0.15, 0.2) is 5.78 Å². The summed E-state index contributed by atoms with van der Waals surface area (Å²) in [6, 6.07) is 7.70. The van der Waals surface area contributed by atoms with Crippen LogP contribution in [-0.2, 0) is 0 Å². The van der Waals surface area contributed by atoms with Gasteiger partial charge >= 0.3 is 0 Å². The second-order valence-electron chi connectivity index (χ2n) is 5.95. The molecule has 0 fully saturated rings. The first-order valence-electron chi connectivity index (χ1n) is 8.37. The average molecular weight is 354 g/mol. The van der Waals surface area contributed by atoms with Crippen molar-refractivity contribution in [3.8, 4) is 11.1 Å². The Morgan fingerprint density at radius 3 is 2.73 bits per heavy atom. The van der Waals surface area contributed by atoms with E-state index in [1.165, 1.54) is 24.6 Å². The summed E-state index contributed by atoms with van der Waals surface area (Å²) in [5.41, 5.74) is 1.59. The molecule has 3 rings (SSSR count). The van der Waals surface area contributed by atoms with Gasteiger partial charge in [0.25, 0.3) is 5.91 Å². The van der Waals surface area contributed by atoms with Gasteiger partial charge in [0, 0.05) is 29.4 Å². The Morgan fingerprint density at radius 2 is 2.00 bits per heavy atom. The third-order valence-corrected chi connectivity index (χ3v) is 4.09. The van der Waals surface area contributed by atoms with Crippen LogP contribution in [0.4, 0.5) is 4.39 Å². The standard InChI is InChI=1S/C20H19FN2O3/c1-3-8-22-20(25)17-9-13(10-23-17)19(24)18-12(2)26-11-15(18)14-6-4-5-7-16(14)21/h4-7,9-11,23H,3,8H2,1-2H3,(H,22,25). The third-order valence-electron chi connectivity index (χ3n) is 4.09. The normalized spacial score (nSPS) is 10.7. The monoisotopic (exact) mass is 354 g/mol. The van der Waals surface area contributed by atoms with Crippen LogP contribution in [0.5, 0.6) is 0 Å². The van der Waals surface area contributed by atoms with Crippen molar-refractivity contribution < 1.29 is 18.4 Å². The van der Waals surface area contributed by atoms with Crippen molar-refractivity contribution in [1.29, 1.82) is 0 Å². The minimum atomic E-state index is -0.434. The number of aromatic nitrogens is 1. The summed E-state index contributed by atoms with van der Waals surface area (Å²) in [5.74, 6) is -0.646. The summed E-state index contributed by atoms with van der Waals surface area (Å²) in [6.45, 7) is 4.16. The number of carbonyl (C=O) groups is 2. The number of halogens is 1. The highest BCUT2D eigenvalue weighted by molar-refractivity contribution is 6.14. The first-order chi connectivity index (χ1) is 12.5. The van der Waals surface area contributed by atoms with E-state index >= 15 is 0 Å². The number of hydrogen-bond donors (Lipinski definition) is 2. The molecule has 0 aliphatic heterocycles.